The Hall–Kier alpha value is -4.14. The number of imidazole rings is 1. The first-order valence-electron chi connectivity index (χ1n) is 8.63. The molecule has 0 radical (unpaired) electrons. The summed E-state index contributed by atoms with van der Waals surface area (Å²) in [5, 5.41) is 16.9. The van der Waals surface area contributed by atoms with E-state index in [-0.39, 0.29) is 5.56 Å². The summed E-state index contributed by atoms with van der Waals surface area (Å²) in [6, 6.07) is 11.9. The van der Waals surface area contributed by atoms with Gasteiger partial charge in [0.15, 0.2) is 11.4 Å². The molecule has 0 spiro atoms. The maximum absolute atomic E-state index is 11.1. The topological polar surface area (TPSA) is 111 Å². The number of carboxylic acid groups (broad SMARTS) is 1. The first kappa shape index (κ1) is 18.2. The van der Waals surface area contributed by atoms with E-state index in [9.17, 15) is 4.79 Å². The number of nitrogens with one attached hydrogen (secondary N) is 1. The molecule has 0 saturated heterocycles. The summed E-state index contributed by atoms with van der Waals surface area (Å²) in [6.45, 7) is 0. The van der Waals surface area contributed by atoms with Crippen molar-refractivity contribution in [2.75, 3.05) is 19.5 Å². The quantitative estimate of drug-likeness (QED) is 0.515. The van der Waals surface area contributed by atoms with Crippen LogP contribution < -0.4 is 14.8 Å². The number of hydrogen-bond acceptors (Lipinski definition) is 7. The van der Waals surface area contributed by atoms with Crippen molar-refractivity contribution in [3.63, 3.8) is 0 Å². The zero-order valence-electron chi connectivity index (χ0n) is 15.7. The molecule has 0 amide bonds. The van der Waals surface area contributed by atoms with Gasteiger partial charge in [0.25, 0.3) is 5.88 Å². The van der Waals surface area contributed by atoms with E-state index in [0.29, 0.717) is 34.5 Å². The zero-order valence-corrected chi connectivity index (χ0v) is 15.7. The fraction of sp³-hybridized carbons (Fsp3) is 0.100. The molecule has 2 N–H and O–H groups in total. The van der Waals surface area contributed by atoms with Crippen molar-refractivity contribution in [1.29, 1.82) is 0 Å². The maximum atomic E-state index is 11.1. The number of anilines is 2. The molecule has 0 bridgehead atoms. The van der Waals surface area contributed by atoms with Crippen LogP contribution in [0.15, 0.2) is 54.9 Å². The van der Waals surface area contributed by atoms with E-state index in [4.69, 9.17) is 14.6 Å². The Morgan fingerprint density at radius 1 is 1.10 bits per heavy atom. The Morgan fingerprint density at radius 2 is 1.90 bits per heavy atom. The molecule has 0 unspecified atom stereocenters. The molecule has 29 heavy (non-hydrogen) atoms. The number of pyridine rings is 1. The molecule has 0 saturated carbocycles. The number of nitrogens with zero attached hydrogens (tertiary/aromatic N) is 4. The number of benzene rings is 1. The van der Waals surface area contributed by atoms with E-state index in [1.54, 1.807) is 60.4 Å². The summed E-state index contributed by atoms with van der Waals surface area (Å²) in [5.74, 6) is 0.454. The molecule has 3 aromatic heterocycles. The van der Waals surface area contributed by atoms with Gasteiger partial charge in [-0.1, -0.05) is 12.1 Å². The summed E-state index contributed by atoms with van der Waals surface area (Å²) >= 11 is 0. The number of carboxylic acids is 1. The number of methoxy groups -OCH3 is 2. The molecule has 0 aliphatic rings. The maximum Gasteiger partial charge on any atom is 0.335 e. The van der Waals surface area contributed by atoms with Crippen LogP contribution in [0.4, 0.5) is 11.5 Å². The lowest BCUT2D eigenvalue weighted by molar-refractivity contribution is 0.0697. The molecule has 0 aliphatic heterocycles. The van der Waals surface area contributed by atoms with Crippen LogP contribution in [0.2, 0.25) is 0 Å². The molecule has 0 aliphatic carbocycles. The molecule has 9 heteroatoms. The molecule has 0 atom stereocenters. The lowest BCUT2D eigenvalue weighted by Crippen LogP contribution is -2.02. The molecule has 0 fully saturated rings. The van der Waals surface area contributed by atoms with Crippen LogP contribution in [0, 0.1) is 0 Å². The molecule has 146 valence electrons. The molecular formula is C20H17N5O4. The summed E-state index contributed by atoms with van der Waals surface area (Å²) in [7, 11) is 3.07. The third-order valence-electron chi connectivity index (χ3n) is 4.29. The minimum atomic E-state index is -0.976. The number of aromatic nitrogens is 4. The number of aromatic carboxylic acids is 1. The third-order valence-corrected chi connectivity index (χ3v) is 4.29. The third kappa shape index (κ3) is 3.53. The van der Waals surface area contributed by atoms with Crippen molar-refractivity contribution in [1.82, 2.24) is 19.6 Å². The van der Waals surface area contributed by atoms with Crippen LogP contribution in [0.25, 0.3) is 16.9 Å². The highest BCUT2D eigenvalue weighted by Crippen LogP contribution is 2.29. The van der Waals surface area contributed by atoms with Gasteiger partial charge in [-0.3, -0.25) is 0 Å². The van der Waals surface area contributed by atoms with Crippen LogP contribution in [0.1, 0.15) is 10.4 Å². The lowest BCUT2D eigenvalue weighted by atomic mass is 10.1. The SMILES string of the molecule is COc1ccc(Nc2cc(-c3ccc(C(=O)O)cc3)nn3ccnc23)nc1OC. The van der Waals surface area contributed by atoms with Gasteiger partial charge in [0.2, 0.25) is 0 Å². The summed E-state index contributed by atoms with van der Waals surface area (Å²) in [6.07, 6.45) is 3.38. The number of carbonyl (C=O) groups is 1. The fourth-order valence-electron chi connectivity index (χ4n) is 2.87. The van der Waals surface area contributed by atoms with Crippen molar-refractivity contribution in [3.8, 4) is 22.9 Å². The van der Waals surface area contributed by atoms with Gasteiger partial charge < -0.3 is 19.9 Å². The van der Waals surface area contributed by atoms with Gasteiger partial charge in [0.05, 0.1) is 31.2 Å². The predicted molar refractivity (Wildman–Crippen MR) is 106 cm³/mol. The highest BCUT2D eigenvalue weighted by atomic mass is 16.5. The highest BCUT2D eigenvalue weighted by Gasteiger charge is 2.12. The lowest BCUT2D eigenvalue weighted by Gasteiger charge is -2.12. The Balaban J connectivity index is 1.74. The van der Waals surface area contributed by atoms with Crippen molar-refractivity contribution in [3.05, 3.63) is 60.4 Å². The van der Waals surface area contributed by atoms with E-state index in [1.165, 1.54) is 7.11 Å². The molecular weight excluding hydrogens is 374 g/mol. The Kier molecular flexibility index (Phi) is 4.70. The van der Waals surface area contributed by atoms with Crippen molar-refractivity contribution in [2.45, 2.75) is 0 Å². The average molecular weight is 391 g/mol. The van der Waals surface area contributed by atoms with Crippen LogP contribution >= 0.6 is 0 Å². The first-order chi connectivity index (χ1) is 14.1. The predicted octanol–water partition coefficient (Wildman–Crippen LogP) is 3.25. The molecule has 4 aromatic rings. The van der Waals surface area contributed by atoms with Gasteiger partial charge in [-0.25, -0.2) is 14.3 Å². The van der Waals surface area contributed by atoms with Crippen LogP contribution in [-0.2, 0) is 0 Å². The largest absolute Gasteiger partial charge is 0.491 e. The molecule has 1 aromatic carbocycles. The molecule has 9 nitrogen and oxygen atoms in total. The van der Waals surface area contributed by atoms with Crippen LogP contribution in [-0.4, -0.2) is 44.9 Å². The second-order valence-electron chi connectivity index (χ2n) is 6.05. The van der Waals surface area contributed by atoms with E-state index in [1.807, 2.05) is 6.07 Å². The number of fused-ring (bicyclic) bond motifs is 1. The second-order valence-corrected chi connectivity index (χ2v) is 6.05. The minimum absolute atomic E-state index is 0.213. The Bertz CT molecular complexity index is 1190. The standard InChI is InChI=1S/C20H17N5O4/c1-28-16-7-8-17(23-19(16)29-2)22-15-11-14(24-25-10-9-21-18(15)25)12-3-5-13(6-4-12)20(26)27/h3-11H,1-2H3,(H,22,23)(H,26,27). The van der Waals surface area contributed by atoms with E-state index in [0.717, 1.165) is 5.56 Å². The first-order valence-corrected chi connectivity index (χ1v) is 8.63. The van der Waals surface area contributed by atoms with Gasteiger partial charge in [-0.2, -0.15) is 10.1 Å². The monoisotopic (exact) mass is 391 g/mol. The Labute approximate surface area is 165 Å². The van der Waals surface area contributed by atoms with Crippen LogP contribution in [0.5, 0.6) is 11.6 Å². The summed E-state index contributed by atoms with van der Waals surface area (Å²) in [4.78, 5) is 19.8. The average Bonchev–Trinajstić information content (AvgIpc) is 3.22. The van der Waals surface area contributed by atoms with Gasteiger partial charge in [-0.15, -0.1) is 0 Å². The van der Waals surface area contributed by atoms with E-state index < -0.39 is 5.97 Å². The van der Waals surface area contributed by atoms with E-state index in [2.05, 4.69) is 20.4 Å². The molecule has 3 heterocycles. The highest BCUT2D eigenvalue weighted by molar-refractivity contribution is 5.88. The van der Waals surface area contributed by atoms with Crippen LogP contribution in [0.3, 0.4) is 0 Å². The summed E-state index contributed by atoms with van der Waals surface area (Å²) in [5.41, 5.74) is 2.93. The normalized spacial score (nSPS) is 10.7. The summed E-state index contributed by atoms with van der Waals surface area (Å²) < 4.78 is 12.1. The zero-order chi connectivity index (χ0) is 20.4. The molecule has 4 rings (SSSR count). The van der Waals surface area contributed by atoms with Crippen molar-refractivity contribution < 1.29 is 19.4 Å². The van der Waals surface area contributed by atoms with Gasteiger partial charge in [0.1, 0.15) is 5.82 Å². The van der Waals surface area contributed by atoms with Crippen molar-refractivity contribution >= 4 is 23.1 Å². The van der Waals surface area contributed by atoms with Crippen molar-refractivity contribution in [2.24, 2.45) is 0 Å². The Morgan fingerprint density at radius 3 is 2.59 bits per heavy atom. The number of rotatable bonds is 6. The second kappa shape index (κ2) is 7.47. The van der Waals surface area contributed by atoms with E-state index >= 15 is 0 Å². The van der Waals surface area contributed by atoms with Gasteiger partial charge in [-0.05, 0) is 30.3 Å². The van der Waals surface area contributed by atoms with Gasteiger partial charge >= 0.3 is 5.97 Å². The van der Waals surface area contributed by atoms with Gasteiger partial charge in [0, 0.05) is 18.0 Å². The number of hydrogen-bond donors (Lipinski definition) is 2. The minimum Gasteiger partial charge on any atom is -0.491 e. The smallest absolute Gasteiger partial charge is 0.335 e. The fourth-order valence-corrected chi connectivity index (χ4v) is 2.87. The number of ether oxygens (including phenoxy) is 2.